The fourth-order valence-electron chi connectivity index (χ4n) is 2.73. The van der Waals surface area contributed by atoms with Crippen molar-refractivity contribution in [2.45, 2.75) is 65.7 Å². The van der Waals surface area contributed by atoms with E-state index in [9.17, 15) is 0 Å². The fraction of sp³-hybridized carbons (Fsp3) is 0.812. The zero-order chi connectivity index (χ0) is 14.4. The van der Waals surface area contributed by atoms with E-state index in [0.717, 1.165) is 30.5 Å². The van der Waals surface area contributed by atoms with Crippen molar-refractivity contribution in [1.82, 2.24) is 10.5 Å². The molecule has 2 unspecified atom stereocenters. The molecule has 0 amide bonds. The van der Waals surface area contributed by atoms with Crippen LogP contribution in [0.5, 0.6) is 0 Å². The standard InChI is InChI=1S/C16H28N2O2/c1-12(2)9-17-10-14-8-16(20-18-14)11-19-15-6-4-5-13(3)7-15/h8,12-13,15,17H,4-7,9-11H2,1-3H3. The van der Waals surface area contributed by atoms with Gasteiger partial charge in [0.1, 0.15) is 6.61 Å². The van der Waals surface area contributed by atoms with E-state index >= 15 is 0 Å². The molecule has 4 heteroatoms. The lowest BCUT2D eigenvalue weighted by Gasteiger charge is -2.26. The molecule has 0 saturated heterocycles. The van der Waals surface area contributed by atoms with Crippen molar-refractivity contribution in [2.75, 3.05) is 6.54 Å². The van der Waals surface area contributed by atoms with Crippen LogP contribution in [0.2, 0.25) is 0 Å². The molecule has 1 aliphatic carbocycles. The third-order valence-electron chi connectivity index (χ3n) is 3.82. The first-order chi connectivity index (χ1) is 9.63. The van der Waals surface area contributed by atoms with E-state index < -0.39 is 0 Å². The average Bonchev–Trinajstić information content (AvgIpc) is 2.84. The smallest absolute Gasteiger partial charge is 0.162 e. The molecule has 20 heavy (non-hydrogen) atoms. The Kier molecular flexibility index (Phi) is 6.05. The lowest BCUT2D eigenvalue weighted by atomic mass is 9.89. The molecule has 1 aliphatic rings. The van der Waals surface area contributed by atoms with E-state index in [4.69, 9.17) is 9.26 Å². The summed E-state index contributed by atoms with van der Waals surface area (Å²) in [5, 5.41) is 7.44. The number of aromatic nitrogens is 1. The van der Waals surface area contributed by atoms with Gasteiger partial charge < -0.3 is 14.6 Å². The lowest BCUT2D eigenvalue weighted by molar-refractivity contribution is -0.00448. The third kappa shape index (κ3) is 5.25. The molecule has 1 N–H and O–H groups in total. The summed E-state index contributed by atoms with van der Waals surface area (Å²) in [7, 11) is 0. The van der Waals surface area contributed by atoms with Crippen LogP contribution in [0.25, 0.3) is 0 Å². The molecule has 1 saturated carbocycles. The number of hydrogen-bond donors (Lipinski definition) is 1. The zero-order valence-corrected chi connectivity index (χ0v) is 13.0. The van der Waals surface area contributed by atoms with Gasteiger partial charge in [0, 0.05) is 12.6 Å². The number of hydrogen-bond acceptors (Lipinski definition) is 4. The minimum absolute atomic E-state index is 0.395. The monoisotopic (exact) mass is 280 g/mol. The molecule has 114 valence electrons. The predicted octanol–water partition coefficient (Wildman–Crippen LogP) is 3.52. The molecule has 1 aromatic rings. The van der Waals surface area contributed by atoms with Crippen LogP contribution >= 0.6 is 0 Å². The molecule has 1 heterocycles. The molecular formula is C16H28N2O2. The number of nitrogens with one attached hydrogen (secondary N) is 1. The number of ether oxygens (including phenoxy) is 1. The van der Waals surface area contributed by atoms with Crippen LogP contribution < -0.4 is 5.32 Å². The summed E-state index contributed by atoms with van der Waals surface area (Å²) in [5.41, 5.74) is 0.960. The molecule has 2 rings (SSSR count). The van der Waals surface area contributed by atoms with Crippen molar-refractivity contribution in [3.63, 3.8) is 0 Å². The van der Waals surface area contributed by atoms with E-state index in [1.54, 1.807) is 0 Å². The molecule has 0 radical (unpaired) electrons. The maximum Gasteiger partial charge on any atom is 0.162 e. The van der Waals surface area contributed by atoms with Crippen molar-refractivity contribution < 1.29 is 9.26 Å². The minimum Gasteiger partial charge on any atom is -0.370 e. The van der Waals surface area contributed by atoms with Gasteiger partial charge in [0.25, 0.3) is 0 Å². The highest BCUT2D eigenvalue weighted by molar-refractivity contribution is 5.04. The first kappa shape index (κ1) is 15.5. The fourth-order valence-corrected chi connectivity index (χ4v) is 2.73. The van der Waals surface area contributed by atoms with Gasteiger partial charge in [-0.05, 0) is 31.2 Å². The molecule has 0 aromatic carbocycles. The molecule has 1 aromatic heterocycles. The van der Waals surface area contributed by atoms with Crippen LogP contribution in [0.15, 0.2) is 10.6 Å². The van der Waals surface area contributed by atoms with E-state index in [1.807, 2.05) is 6.07 Å². The molecule has 0 aliphatic heterocycles. The summed E-state index contributed by atoms with van der Waals surface area (Å²) in [6, 6.07) is 2.00. The molecule has 0 spiro atoms. The van der Waals surface area contributed by atoms with Gasteiger partial charge in [-0.25, -0.2) is 0 Å². The maximum absolute atomic E-state index is 5.94. The van der Waals surface area contributed by atoms with Crippen LogP contribution in [0.4, 0.5) is 0 Å². The first-order valence-electron chi connectivity index (χ1n) is 7.90. The van der Waals surface area contributed by atoms with Gasteiger partial charge in [-0.3, -0.25) is 0 Å². The van der Waals surface area contributed by atoms with E-state index in [1.165, 1.54) is 25.7 Å². The second kappa shape index (κ2) is 7.79. The summed E-state index contributed by atoms with van der Waals surface area (Å²) >= 11 is 0. The van der Waals surface area contributed by atoms with Crippen molar-refractivity contribution in [3.8, 4) is 0 Å². The molecule has 4 nitrogen and oxygen atoms in total. The molecular weight excluding hydrogens is 252 g/mol. The van der Waals surface area contributed by atoms with Gasteiger partial charge in [0.05, 0.1) is 11.8 Å². The summed E-state index contributed by atoms with van der Waals surface area (Å²) in [5.74, 6) is 2.28. The van der Waals surface area contributed by atoms with Crippen LogP contribution in [0.3, 0.4) is 0 Å². The Hall–Kier alpha value is -0.870. The van der Waals surface area contributed by atoms with Crippen molar-refractivity contribution in [1.29, 1.82) is 0 Å². The summed E-state index contributed by atoms with van der Waals surface area (Å²) in [6.45, 7) is 9.01. The Bertz CT molecular complexity index is 390. The van der Waals surface area contributed by atoms with Gasteiger partial charge in [0.15, 0.2) is 5.76 Å². The molecule has 2 atom stereocenters. The topological polar surface area (TPSA) is 47.3 Å². The third-order valence-corrected chi connectivity index (χ3v) is 3.82. The van der Waals surface area contributed by atoms with Gasteiger partial charge in [0.2, 0.25) is 0 Å². The van der Waals surface area contributed by atoms with Gasteiger partial charge >= 0.3 is 0 Å². The van der Waals surface area contributed by atoms with Crippen LogP contribution in [0.1, 0.15) is 57.9 Å². The first-order valence-corrected chi connectivity index (χ1v) is 7.90. The van der Waals surface area contributed by atoms with Crippen LogP contribution in [-0.4, -0.2) is 17.8 Å². The summed E-state index contributed by atoms with van der Waals surface area (Å²) in [4.78, 5) is 0. The molecule has 0 bridgehead atoms. The highest BCUT2D eigenvalue weighted by atomic mass is 16.5. The van der Waals surface area contributed by atoms with Crippen molar-refractivity contribution in [3.05, 3.63) is 17.5 Å². The largest absolute Gasteiger partial charge is 0.370 e. The Morgan fingerprint density at radius 1 is 1.45 bits per heavy atom. The average molecular weight is 280 g/mol. The van der Waals surface area contributed by atoms with Crippen LogP contribution in [-0.2, 0) is 17.9 Å². The van der Waals surface area contributed by atoms with Gasteiger partial charge in [-0.15, -0.1) is 0 Å². The van der Waals surface area contributed by atoms with Crippen LogP contribution in [0, 0.1) is 11.8 Å². The summed E-state index contributed by atoms with van der Waals surface area (Å²) in [6.07, 6.45) is 5.38. The van der Waals surface area contributed by atoms with Gasteiger partial charge in [-0.1, -0.05) is 38.8 Å². The highest BCUT2D eigenvalue weighted by Crippen LogP contribution is 2.26. The normalized spacial score (nSPS) is 23.4. The van der Waals surface area contributed by atoms with Gasteiger partial charge in [-0.2, -0.15) is 0 Å². The minimum atomic E-state index is 0.395. The second-order valence-corrected chi connectivity index (χ2v) is 6.51. The Morgan fingerprint density at radius 3 is 3.05 bits per heavy atom. The Labute approximate surface area is 122 Å². The zero-order valence-electron chi connectivity index (χ0n) is 13.0. The second-order valence-electron chi connectivity index (χ2n) is 6.51. The molecule has 1 fully saturated rings. The van der Waals surface area contributed by atoms with Crippen molar-refractivity contribution in [2.24, 2.45) is 11.8 Å². The highest BCUT2D eigenvalue weighted by Gasteiger charge is 2.19. The predicted molar refractivity (Wildman–Crippen MR) is 79.3 cm³/mol. The Morgan fingerprint density at radius 2 is 2.30 bits per heavy atom. The number of nitrogens with zero attached hydrogens (tertiary/aromatic N) is 1. The SMILES string of the molecule is CC(C)CNCc1cc(COC2CCCC(C)C2)on1. The quantitative estimate of drug-likeness (QED) is 0.830. The lowest BCUT2D eigenvalue weighted by Crippen LogP contribution is -2.21. The van der Waals surface area contributed by atoms with Crippen molar-refractivity contribution >= 4 is 0 Å². The van der Waals surface area contributed by atoms with E-state index in [0.29, 0.717) is 18.6 Å². The Balaban J connectivity index is 1.69. The maximum atomic E-state index is 5.94. The van der Waals surface area contributed by atoms with E-state index in [2.05, 4.69) is 31.2 Å². The van der Waals surface area contributed by atoms with E-state index in [-0.39, 0.29) is 0 Å². The summed E-state index contributed by atoms with van der Waals surface area (Å²) < 4.78 is 11.3. The number of rotatable bonds is 7.